The van der Waals surface area contributed by atoms with Gasteiger partial charge in [0.1, 0.15) is 0 Å². The summed E-state index contributed by atoms with van der Waals surface area (Å²) in [4.78, 5) is 0. The largest absolute Gasteiger partial charge is 0.259 e. The summed E-state index contributed by atoms with van der Waals surface area (Å²) in [6, 6.07) is 2.00. The number of aryl methyl sites for hydroxylation is 1. The van der Waals surface area contributed by atoms with Crippen molar-refractivity contribution in [3.63, 3.8) is 0 Å². The number of nitriles is 1. The monoisotopic (exact) mass is 276 g/mol. The zero-order chi connectivity index (χ0) is 12.9. The van der Waals surface area contributed by atoms with E-state index in [0.717, 1.165) is 0 Å². The van der Waals surface area contributed by atoms with Gasteiger partial charge in [-0.2, -0.15) is 10.4 Å². The minimum Gasteiger partial charge on any atom is -0.255 e. The summed E-state index contributed by atoms with van der Waals surface area (Å²) in [5.41, 5.74) is 0. The number of sulfonamides is 1. The smallest absolute Gasteiger partial charge is 0.255 e. The van der Waals surface area contributed by atoms with Crippen molar-refractivity contribution in [2.45, 2.75) is 24.3 Å². The van der Waals surface area contributed by atoms with Crippen molar-refractivity contribution in [1.82, 2.24) is 14.5 Å². The summed E-state index contributed by atoms with van der Waals surface area (Å²) >= 11 is 5.75. The van der Waals surface area contributed by atoms with Crippen LogP contribution in [0.1, 0.15) is 19.3 Å². The van der Waals surface area contributed by atoms with Crippen molar-refractivity contribution in [3.8, 4) is 6.07 Å². The summed E-state index contributed by atoms with van der Waals surface area (Å²) in [5, 5.41) is 12.1. The number of hydrogen-bond donors (Lipinski definition) is 1. The molecule has 0 spiro atoms. The molecule has 0 atom stereocenters. The van der Waals surface area contributed by atoms with Crippen LogP contribution in [0.2, 0.25) is 5.02 Å². The SMILES string of the molecule is Cn1ncc(Cl)c1S(=O)(=O)NCCCCC#N. The van der Waals surface area contributed by atoms with Crippen molar-refractivity contribution < 1.29 is 8.42 Å². The summed E-state index contributed by atoms with van der Waals surface area (Å²) in [6.45, 7) is 0.283. The van der Waals surface area contributed by atoms with Gasteiger partial charge in [0.25, 0.3) is 10.0 Å². The van der Waals surface area contributed by atoms with Crippen molar-refractivity contribution in [2.75, 3.05) is 6.54 Å². The lowest BCUT2D eigenvalue weighted by molar-refractivity contribution is 0.559. The molecule has 0 radical (unpaired) electrons. The summed E-state index contributed by atoms with van der Waals surface area (Å²) in [6.07, 6.45) is 2.99. The Morgan fingerprint density at radius 1 is 1.59 bits per heavy atom. The first-order chi connectivity index (χ1) is 7.99. The third kappa shape index (κ3) is 3.70. The molecule has 94 valence electrons. The Morgan fingerprint density at radius 2 is 2.29 bits per heavy atom. The second-order valence-corrected chi connectivity index (χ2v) is 5.52. The number of halogens is 1. The van der Waals surface area contributed by atoms with Gasteiger partial charge in [0.2, 0.25) is 0 Å². The molecule has 0 aromatic carbocycles. The Bertz CT molecular complexity index is 498. The van der Waals surface area contributed by atoms with Crippen LogP contribution < -0.4 is 4.72 Å². The molecule has 1 aromatic rings. The van der Waals surface area contributed by atoms with E-state index in [9.17, 15) is 8.42 Å². The number of nitrogens with one attached hydrogen (secondary N) is 1. The van der Waals surface area contributed by atoms with E-state index in [1.54, 1.807) is 0 Å². The quantitative estimate of drug-likeness (QED) is 0.787. The van der Waals surface area contributed by atoms with Crippen LogP contribution in [0.3, 0.4) is 0 Å². The minimum absolute atomic E-state index is 0.0422. The Hall–Kier alpha value is -1.10. The molecule has 17 heavy (non-hydrogen) atoms. The lowest BCUT2D eigenvalue weighted by Gasteiger charge is -2.06. The maximum absolute atomic E-state index is 11.8. The van der Waals surface area contributed by atoms with Crippen molar-refractivity contribution >= 4 is 21.6 Å². The normalized spacial score (nSPS) is 11.4. The fourth-order valence-electron chi connectivity index (χ4n) is 1.31. The lowest BCUT2D eigenvalue weighted by atomic mass is 10.2. The molecule has 0 aliphatic rings. The molecule has 1 aromatic heterocycles. The van der Waals surface area contributed by atoms with Crippen molar-refractivity contribution in [2.24, 2.45) is 7.05 Å². The Labute approximate surface area is 105 Å². The van der Waals surface area contributed by atoms with Gasteiger partial charge in [0, 0.05) is 20.0 Å². The van der Waals surface area contributed by atoms with Gasteiger partial charge in [-0.3, -0.25) is 4.68 Å². The number of unbranched alkanes of at least 4 members (excludes halogenated alkanes) is 2. The Morgan fingerprint density at radius 3 is 2.82 bits per heavy atom. The van der Waals surface area contributed by atoms with Crippen LogP contribution in [-0.2, 0) is 17.1 Å². The predicted molar refractivity (Wildman–Crippen MR) is 62.9 cm³/mol. The van der Waals surface area contributed by atoms with Crippen LogP contribution in [0, 0.1) is 11.3 Å². The highest BCUT2D eigenvalue weighted by Gasteiger charge is 2.21. The second-order valence-electron chi connectivity index (χ2n) is 3.43. The lowest BCUT2D eigenvalue weighted by Crippen LogP contribution is -2.27. The average molecular weight is 277 g/mol. The topological polar surface area (TPSA) is 87.8 Å². The fourth-order valence-corrected chi connectivity index (χ4v) is 3.03. The zero-order valence-electron chi connectivity index (χ0n) is 9.35. The van der Waals surface area contributed by atoms with Gasteiger partial charge < -0.3 is 0 Å². The number of rotatable bonds is 6. The standard InChI is InChI=1S/C9H13ClN4O2S/c1-14-9(8(10)7-12-14)17(15,16)13-6-4-2-3-5-11/h7,13H,2-4,6H2,1H3. The van der Waals surface area contributed by atoms with Crippen LogP contribution in [0.4, 0.5) is 0 Å². The molecular weight excluding hydrogens is 264 g/mol. The highest BCUT2D eigenvalue weighted by Crippen LogP contribution is 2.19. The van der Waals surface area contributed by atoms with Gasteiger partial charge in [0.15, 0.2) is 5.03 Å². The molecule has 0 fully saturated rings. The highest BCUT2D eigenvalue weighted by molar-refractivity contribution is 7.89. The summed E-state index contributed by atoms with van der Waals surface area (Å²) < 4.78 is 27.3. The molecule has 6 nitrogen and oxygen atoms in total. The van der Waals surface area contributed by atoms with E-state index in [-0.39, 0.29) is 16.6 Å². The average Bonchev–Trinajstić information content (AvgIpc) is 2.58. The first-order valence-electron chi connectivity index (χ1n) is 5.03. The van der Waals surface area contributed by atoms with E-state index >= 15 is 0 Å². The third-order valence-corrected chi connectivity index (χ3v) is 4.07. The van der Waals surface area contributed by atoms with Gasteiger partial charge in [-0.15, -0.1) is 0 Å². The van der Waals surface area contributed by atoms with Gasteiger partial charge in [0.05, 0.1) is 17.3 Å². The van der Waals surface area contributed by atoms with Gasteiger partial charge in [-0.05, 0) is 12.8 Å². The van der Waals surface area contributed by atoms with Gasteiger partial charge in [-0.25, -0.2) is 13.1 Å². The van der Waals surface area contributed by atoms with Crippen molar-refractivity contribution in [1.29, 1.82) is 5.26 Å². The van der Waals surface area contributed by atoms with Crippen LogP contribution in [-0.4, -0.2) is 24.7 Å². The molecule has 0 amide bonds. The molecular formula is C9H13ClN4O2S. The Kier molecular flexibility index (Phi) is 4.93. The first-order valence-corrected chi connectivity index (χ1v) is 6.89. The summed E-state index contributed by atoms with van der Waals surface area (Å²) in [5.74, 6) is 0. The van der Waals surface area contributed by atoms with Crippen LogP contribution in [0.5, 0.6) is 0 Å². The van der Waals surface area contributed by atoms with E-state index in [1.165, 1.54) is 17.9 Å². The van der Waals surface area contributed by atoms with E-state index in [4.69, 9.17) is 16.9 Å². The zero-order valence-corrected chi connectivity index (χ0v) is 10.9. The molecule has 8 heteroatoms. The van der Waals surface area contributed by atoms with Crippen LogP contribution in [0.25, 0.3) is 0 Å². The molecule has 0 aliphatic carbocycles. The number of nitrogens with zero attached hydrogens (tertiary/aromatic N) is 3. The molecule has 1 rings (SSSR count). The summed E-state index contributed by atoms with van der Waals surface area (Å²) in [7, 11) is -2.12. The molecule has 0 saturated carbocycles. The minimum atomic E-state index is -3.63. The van der Waals surface area contributed by atoms with Crippen molar-refractivity contribution in [3.05, 3.63) is 11.2 Å². The fraction of sp³-hybridized carbons (Fsp3) is 0.556. The molecule has 0 aliphatic heterocycles. The molecule has 1 N–H and O–H groups in total. The van der Waals surface area contributed by atoms with E-state index < -0.39 is 10.0 Å². The predicted octanol–water partition coefficient (Wildman–Crippen LogP) is 1.05. The second kappa shape index (κ2) is 6.00. The highest BCUT2D eigenvalue weighted by atomic mass is 35.5. The molecule has 0 saturated heterocycles. The van der Waals surface area contributed by atoms with Crippen LogP contribution in [0.15, 0.2) is 11.2 Å². The third-order valence-electron chi connectivity index (χ3n) is 2.10. The van der Waals surface area contributed by atoms with E-state index in [2.05, 4.69) is 9.82 Å². The first kappa shape index (κ1) is 14.0. The van der Waals surface area contributed by atoms with Crippen LogP contribution >= 0.6 is 11.6 Å². The van der Waals surface area contributed by atoms with Gasteiger partial charge in [-0.1, -0.05) is 11.6 Å². The number of hydrogen-bond acceptors (Lipinski definition) is 4. The maximum atomic E-state index is 11.8. The number of aromatic nitrogens is 2. The Balaban J connectivity index is 2.62. The van der Waals surface area contributed by atoms with E-state index in [0.29, 0.717) is 19.3 Å². The molecule has 1 heterocycles. The van der Waals surface area contributed by atoms with E-state index in [1.807, 2.05) is 6.07 Å². The maximum Gasteiger partial charge on any atom is 0.259 e. The van der Waals surface area contributed by atoms with Gasteiger partial charge >= 0.3 is 0 Å². The molecule has 0 bridgehead atoms. The molecule has 0 unspecified atom stereocenters.